The zero-order valence-electron chi connectivity index (χ0n) is 14.0. The maximum atomic E-state index is 13.3. The molecule has 0 N–H and O–H groups in total. The molecule has 1 amide bonds. The highest BCUT2D eigenvalue weighted by atomic mass is 35.5. The molecule has 0 spiro atoms. The first-order chi connectivity index (χ1) is 12.0. The number of hydrogen-bond donors (Lipinski definition) is 0. The molecular weight excluding hydrogens is 361 g/mol. The maximum absolute atomic E-state index is 13.3. The summed E-state index contributed by atoms with van der Waals surface area (Å²) in [5.41, 5.74) is 1.12. The summed E-state index contributed by atoms with van der Waals surface area (Å²) < 4.78 is 13.3. The van der Waals surface area contributed by atoms with Crippen molar-refractivity contribution in [1.29, 1.82) is 0 Å². The van der Waals surface area contributed by atoms with Gasteiger partial charge in [0, 0.05) is 49.9 Å². The van der Waals surface area contributed by atoms with E-state index in [1.54, 1.807) is 29.2 Å². The van der Waals surface area contributed by atoms with Crippen LogP contribution in [-0.4, -0.2) is 46.8 Å². The zero-order chi connectivity index (χ0) is 17.8. The molecule has 0 aromatic heterocycles. The second-order valence-corrected chi connectivity index (χ2v) is 5.96. The summed E-state index contributed by atoms with van der Waals surface area (Å²) >= 11 is 0. The fourth-order valence-corrected chi connectivity index (χ4v) is 2.98. The number of rotatable bonds is 4. The summed E-state index contributed by atoms with van der Waals surface area (Å²) in [4.78, 5) is 26.9. The van der Waals surface area contributed by atoms with Crippen LogP contribution in [-0.2, 0) is 6.54 Å². The van der Waals surface area contributed by atoms with Crippen molar-refractivity contribution in [2.75, 3.05) is 26.2 Å². The van der Waals surface area contributed by atoms with E-state index >= 15 is 0 Å². The zero-order valence-corrected chi connectivity index (χ0v) is 14.8. The summed E-state index contributed by atoms with van der Waals surface area (Å²) in [7, 11) is 0. The maximum Gasteiger partial charge on any atom is 0.273 e. The van der Waals surface area contributed by atoms with Gasteiger partial charge in [0.2, 0.25) is 0 Å². The molecule has 6 nitrogen and oxygen atoms in total. The van der Waals surface area contributed by atoms with Crippen LogP contribution in [0.2, 0.25) is 0 Å². The van der Waals surface area contributed by atoms with Gasteiger partial charge in [-0.3, -0.25) is 19.8 Å². The third kappa shape index (κ3) is 4.56. The molecule has 0 atom stereocenters. The lowest BCUT2D eigenvalue weighted by molar-refractivity contribution is -0.385. The smallest absolute Gasteiger partial charge is 0.273 e. The lowest BCUT2D eigenvalue weighted by atomic mass is 10.1. The molecule has 2 aromatic carbocycles. The molecule has 138 valence electrons. The van der Waals surface area contributed by atoms with E-state index in [9.17, 15) is 19.3 Å². The van der Waals surface area contributed by atoms with E-state index in [0.29, 0.717) is 43.9 Å². The van der Waals surface area contributed by atoms with E-state index < -0.39 is 5.82 Å². The minimum atomic E-state index is -0.430. The van der Waals surface area contributed by atoms with E-state index in [1.807, 2.05) is 0 Å². The predicted octanol–water partition coefficient (Wildman–Crippen LogP) is 3.11. The van der Waals surface area contributed by atoms with Crippen LogP contribution in [0.4, 0.5) is 10.1 Å². The van der Waals surface area contributed by atoms with Crippen LogP contribution in [0.1, 0.15) is 15.9 Å². The fourth-order valence-electron chi connectivity index (χ4n) is 2.98. The Balaban J connectivity index is 0.00000243. The third-order valence-electron chi connectivity index (χ3n) is 4.31. The quantitative estimate of drug-likeness (QED) is 0.604. The van der Waals surface area contributed by atoms with Gasteiger partial charge in [-0.1, -0.05) is 24.3 Å². The monoisotopic (exact) mass is 379 g/mol. The highest BCUT2D eigenvalue weighted by molar-refractivity contribution is 5.94. The van der Waals surface area contributed by atoms with Crippen LogP contribution in [0.3, 0.4) is 0 Å². The Kier molecular flexibility index (Phi) is 6.65. The average molecular weight is 380 g/mol. The summed E-state index contributed by atoms with van der Waals surface area (Å²) in [6.45, 7) is 2.73. The Labute approximate surface area is 156 Å². The van der Waals surface area contributed by atoms with E-state index in [1.165, 1.54) is 24.3 Å². The molecule has 1 aliphatic rings. The second-order valence-electron chi connectivity index (χ2n) is 5.96. The van der Waals surface area contributed by atoms with Crippen molar-refractivity contribution >= 4 is 24.0 Å². The normalized spacial score (nSPS) is 14.6. The average Bonchev–Trinajstić information content (AvgIpc) is 2.62. The predicted molar refractivity (Wildman–Crippen MR) is 97.9 cm³/mol. The van der Waals surface area contributed by atoms with Crippen molar-refractivity contribution in [3.8, 4) is 0 Å². The van der Waals surface area contributed by atoms with Crippen LogP contribution in [0, 0.1) is 15.9 Å². The molecule has 3 rings (SSSR count). The number of para-hydroxylation sites is 1. The first kappa shape index (κ1) is 19.8. The van der Waals surface area contributed by atoms with Crippen LogP contribution in [0.25, 0.3) is 0 Å². The van der Waals surface area contributed by atoms with E-state index in [4.69, 9.17) is 0 Å². The second kappa shape index (κ2) is 8.73. The summed E-state index contributed by atoms with van der Waals surface area (Å²) in [5.74, 6) is -0.620. The van der Waals surface area contributed by atoms with Crippen LogP contribution < -0.4 is 0 Å². The number of hydrogen-bond acceptors (Lipinski definition) is 4. The van der Waals surface area contributed by atoms with Crippen molar-refractivity contribution in [1.82, 2.24) is 9.80 Å². The van der Waals surface area contributed by atoms with Crippen molar-refractivity contribution < 1.29 is 14.1 Å². The third-order valence-corrected chi connectivity index (χ3v) is 4.31. The van der Waals surface area contributed by atoms with Crippen molar-refractivity contribution in [3.63, 3.8) is 0 Å². The molecule has 2 aromatic rings. The Morgan fingerprint density at radius 3 is 2.42 bits per heavy atom. The highest BCUT2D eigenvalue weighted by Gasteiger charge is 2.24. The standard InChI is InChI=1S/C18H18FN3O3.ClH/c19-16-6-3-5-14(12-16)18(23)21-10-8-20(9-11-21)13-15-4-1-2-7-17(15)22(24)25;/h1-7,12H,8-11,13H2;1H. The lowest BCUT2D eigenvalue weighted by Gasteiger charge is -2.34. The number of nitrogens with zero attached hydrogens (tertiary/aromatic N) is 3. The minimum absolute atomic E-state index is 0. The molecule has 26 heavy (non-hydrogen) atoms. The van der Waals surface area contributed by atoms with Gasteiger partial charge in [-0.2, -0.15) is 0 Å². The number of carbonyl (C=O) groups excluding carboxylic acids is 1. The van der Waals surface area contributed by atoms with Gasteiger partial charge in [0.05, 0.1) is 4.92 Å². The fraction of sp³-hybridized carbons (Fsp3) is 0.278. The van der Waals surface area contributed by atoms with Gasteiger partial charge in [-0.05, 0) is 18.2 Å². The SMILES string of the molecule is Cl.O=C(c1cccc(F)c1)N1CCN(Cc2ccccc2[N+](=O)[O-])CC1. The summed E-state index contributed by atoms with van der Waals surface area (Å²) in [5, 5.41) is 11.1. The summed E-state index contributed by atoms with van der Waals surface area (Å²) in [6, 6.07) is 12.4. The molecule has 1 aliphatic heterocycles. The van der Waals surface area contributed by atoms with Gasteiger partial charge in [0.1, 0.15) is 5.82 Å². The van der Waals surface area contributed by atoms with Gasteiger partial charge >= 0.3 is 0 Å². The molecule has 1 fully saturated rings. The van der Waals surface area contributed by atoms with Gasteiger partial charge in [0.25, 0.3) is 11.6 Å². The number of amides is 1. The topological polar surface area (TPSA) is 66.7 Å². The molecule has 0 saturated carbocycles. The lowest BCUT2D eigenvalue weighted by Crippen LogP contribution is -2.48. The first-order valence-corrected chi connectivity index (χ1v) is 8.04. The van der Waals surface area contributed by atoms with Crippen molar-refractivity contribution in [3.05, 3.63) is 75.6 Å². The number of halogens is 2. The first-order valence-electron chi connectivity index (χ1n) is 8.04. The number of benzene rings is 2. The van der Waals surface area contributed by atoms with Crippen molar-refractivity contribution in [2.24, 2.45) is 0 Å². The van der Waals surface area contributed by atoms with E-state index in [2.05, 4.69) is 4.90 Å². The molecule has 0 bridgehead atoms. The number of carbonyl (C=O) groups is 1. The van der Waals surface area contributed by atoms with E-state index in [-0.39, 0.29) is 28.9 Å². The van der Waals surface area contributed by atoms with Gasteiger partial charge in [-0.25, -0.2) is 4.39 Å². The highest BCUT2D eigenvalue weighted by Crippen LogP contribution is 2.20. The molecule has 8 heteroatoms. The van der Waals surface area contributed by atoms with Crippen LogP contribution >= 0.6 is 12.4 Å². The van der Waals surface area contributed by atoms with Gasteiger partial charge in [-0.15, -0.1) is 12.4 Å². The van der Waals surface area contributed by atoms with Gasteiger partial charge in [0.15, 0.2) is 0 Å². The molecule has 1 saturated heterocycles. The number of piperazine rings is 1. The Hall–Kier alpha value is -2.51. The Morgan fingerprint density at radius 1 is 1.08 bits per heavy atom. The Morgan fingerprint density at radius 2 is 1.77 bits per heavy atom. The van der Waals surface area contributed by atoms with E-state index in [0.717, 1.165) is 0 Å². The van der Waals surface area contributed by atoms with Crippen LogP contribution in [0.15, 0.2) is 48.5 Å². The van der Waals surface area contributed by atoms with Gasteiger partial charge < -0.3 is 4.90 Å². The molecule has 0 aliphatic carbocycles. The molecule has 1 heterocycles. The van der Waals surface area contributed by atoms with Crippen molar-refractivity contribution in [2.45, 2.75) is 6.54 Å². The number of nitro benzene ring substituents is 1. The molecular formula is C18H19ClFN3O3. The molecule has 0 radical (unpaired) electrons. The number of nitro groups is 1. The van der Waals surface area contributed by atoms with Crippen LogP contribution in [0.5, 0.6) is 0 Å². The minimum Gasteiger partial charge on any atom is -0.336 e. The largest absolute Gasteiger partial charge is 0.336 e. The summed E-state index contributed by atoms with van der Waals surface area (Å²) in [6.07, 6.45) is 0. The molecule has 0 unspecified atom stereocenters. The Bertz CT molecular complexity index is 795.